The van der Waals surface area contributed by atoms with E-state index in [-0.39, 0.29) is 135 Å². The normalized spacial score (nSPS) is 12.4. The first kappa shape index (κ1) is 110. The molecule has 3 aliphatic rings. The number of aldehydes is 1. The van der Waals surface area contributed by atoms with Gasteiger partial charge in [-0.25, -0.2) is 19.9 Å². The predicted octanol–water partition coefficient (Wildman–Crippen LogP) is 8.55. The fraction of sp³-hybridized carbons (Fsp3) is 0.284. The third-order valence-corrected chi connectivity index (χ3v) is 16.5. The van der Waals surface area contributed by atoms with Crippen LogP contribution in [0, 0.1) is 50.4 Å². The van der Waals surface area contributed by atoms with Gasteiger partial charge in [-0.3, -0.25) is 81.3 Å². The molecule has 2 radical (unpaired) electrons. The van der Waals surface area contributed by atoms with Crippen molar-refractivity contribution < 1.29 is 163 Å². The Morgan fingerprint density at radius 3 is 1.33 bits per heavy atom. The number of nitrogens with one attached hydrogen (secondary N) is 3. The summed E-state index contributed by atoms with van der Waals surface area (Å²) in [5.74, 6) is 10.1. The number of aromatic hydroxyl groups is 1. The fourth-order valence-corrected chi connectivity index (χ4v) is 10.6. The summed E-state index contributed by atoms with van der Waals surface area (Å²) in [5, 5.41) is 30.0. The van der Waals surface area contributed by atoms with Crippen molar-refractivity contribution in [3.05, 3.63) is 249 Å². The van der Waals surface area contributed by atoms with Gasteiger partial charge in [-0.05, 0) is 86.1 Å². The Morgan fingerprint density at radius 1 is 0.561 bits per heavy atom. The smallest absolute Gasteiger partial charge is 0.316 e. The molecule has 648 valence electrons. The molecule has 123 heavy (non-hydrogen) atoms. The molecule has 9 aromatic heterocycles. The molecule has 2 aromatic carbocycles. The number of carbonyl (C=O) groups excluding carboxylic acids is 3. The molecule has 0 atom stereocenters. The Bertz CT molecular complexity index is 4850. The molecular weight excluding hydrogens is 2160 g/mol. The first-order valence-electron chi connectivity index (χ1n) is 36.8. The number of nitrogen functional groups attached to an aromatic ring is 1. The number of aryl methyl sites for hydroxylation is 2. The zero-order valence-electron chi connectivity index (χ0n) is 67.9. The molecule has 3 fully saturated rings. The van der Waals surface area contributed by atoms with Crippen LogP contribution in [0.5, 0.6) is 17.6 Å². The maximum Gasteiger partial charge on any atom is 0.316 e. The number of methoxy groups -OCH3 is 2. The number of β-amino-alcohol motifs (C(OH)–C–C–N with tert-alkyl or cyclic N) is 1. The number of H-pyrrole nitrogens is 1. The second-order valence-corrected chi connectivity index (χ2v) is 25.7. The summed E-state index contributed by atoms with van der Waals surface area (Å²) in [6.07, 6.45) is 18.8. The summed E-state index contributed by atoms with van der Waals surface area (Å²) in [6.45, 7) is 18.3. The number of halogens is 3. The molecule has 0 bridgehead atoms. The number of aromatic amines is 1. The molecule has 11 aromatic rings. The van der Waals surface area contributed by atoms with Crippen LogP contribution in [0.1, 0.15) is 40.5 Å². The summed E-state index contributed by atoms with van der Waals surface area (Å²) >= 11 is 17.6. The van der Waals surface area contributed by atoms with Crippen LogP contribution in [0.2, 0.25) is 15.5 Å². The van der Waals surface area contributed by atoms with Gasteiger partial charge in [-0.2, -0.15) is 20.1 Å². The van der Waals surface area contributed by atoms with Gasteiger partial charge in [0.05, 0.1) is 72.7 Å². The van der Waals surface area contributed by atoms with Gasteiger partial charge in [0.2, 0.25) is 17.6 Å². The van der Waals surface area contributed by atoms with Crippen molar-refractivity contribution in [2.75, 3.05) is 138 Å². The first-order valence-corrected chi connectivity index (χ1v) is 37.9. The standard InChI is InChI=1S/C23H26N6O2.C15H17ClN4O2.C9H5Cl2N3.C9H7N3O2.C8H8O.C6H7N3.C6H13NO2.C5H8O4.H4N2.U.V.W.Y.H2/c1-18-3-2-4-19(15-18)17-25-28-21-16-22(31-14-11-29-9-12-30-13-10-29)27-23(26-21)20-5-7-24-8-6-20;16-13-11-14(22-10-7-20-5-8-21-9-6-20)19-15(18-13)12-1-3-17-4-2-12;10-7-5-8(11)14-9(13-7)6-1-3-12-4-2-6;13-7-5-8(14)12-9(11-7)6-1-3-10-4-2-6;1-7-3-2-4-8(5-7)6-9;7-6(8)5-1-3-9-4-2-5;8-4-1-7-2-5-9-6-3-7;1-8-4(6)3-5(7)9-2;1-2;;;;;/h2-8,15-17H,9-14H2,1H3,(H,26,27,28);1-4,11H,5-10H2;1-5H;1-5H,(H2,11,12,13,14);2-6H,1H3;1-4H,(H3,7,8);8H,1-6H2;3H2,1-2H3;1-2H2;;;;;1H/b25-17+;;;;;;;;;;;;;/i;;;;;;;;;;;;;1+2. The minimum atomic E-state index is -0.582. The summed E-state index contributed by atoms with van der Waals surface area (Å²) < 4.78 is 35.9. The van der Waals surface area contributed by atoms with Crippen LogP contribution in [0.25, 0.3) is 45.6 Å². The van der Waals surface area contributed by atoms with Gasteiger partial charge < -0.3 is 54.1 Å². The van der Waals surface area contributed by atoms with Crippen LogP contribution in [0.3, 0.4) is 0 Å². The van der Waals surface area contributed by atoms with Gasteiger partial charge in [0.25, 0.3) is 5.56 Å². The maximum atomic E-state index is 11.0. The van der Waals surface area contributed by atoms with Crippen molar-refractivity contribution in [2.24, 2.45) is 22.5 Å². The fourth-order valence-electron chi connectivity index (χ4n) is 10.0. The van der Waals surface area contributed by atoms with Gasteiger partial charge >= 0.3 is 11.9 Å². The number of aromatic nitrogens is 13. The van der Waals surface area contributed by atoms with Crippen LogP contribution < -0.4 is 37.9 Å². The van der Waals surface area contributed by atoms with Gasteiger partial charge in [-0.1, -0.05) is 88.4 Å². The molecule has 0 spiro atoms. The van der Waals surface area contributed by atoms with Gasteiger partial charge in [-0.15, -0.1) is 0 Å². The number of hydrazine groups is 1. The minimum absolute atomic E-state index is 0. The van der Waals surface area contributed by atoms with E-state index in [4.69, 9.17) is 79.8 Å². The van der Waals surface area contributed by atoms with E-state index in [1.54, 1.807) is 123 Å². The molecule has 3 saturated heterocycles. The number of nitrogens with zero attached hydrogens (tertiary/aromatic N) is 16. The molecule has 35 nitrogen and oxygen atoms in total. The predicted molar refractivity (Wildman–Crippen MR) is 454 cm³/mol. The van der Waals surface area contributed by atoms with Crippen molar-refractivity contribution in [1.82, 2.24) is 79.5 Å². The zero-order valence-corrected chi connectivity index (χ0v) is 81.5. The summed E-state index contributed by atoms with van der Waals surface area (Å²) in [4.78, 5) is 100. The van der Waals surface area contributed by atoms with Gasteiger partial charge in [0.1, 0.15) is 53.0 Å². The number of morpholine rings is 3. The molecule has 0 unspecified atom stereocenters. The number of hydrogen-bond acceptors (Lipinski definition) is 33. The van der Waals surface area contributed by atoms with Crippen LogP contribution in [0.15, 0.2) is 205 Å². The number of aliphatic hydroxyl groups excluding tert-OH is 1. The van der Waals surface area contributed by atoms with Crippen molar-refractivity contribution >= 4 is 70.9 Å². The van der Waals surface area contributed by atoms with E-state index in [0.29, 0.717) is 80.7 Å². The van der Waals surface area contributed by atoms with Crippen molar-refractivity contribution in [1.29, 1.82) is 5.41 Å². The monoisotopic (exact) mass is 2250 g/mol. The minimum Gasteiger partial charge on any atom is -0.493 e. The molecule has 14 rings (SSSR count). The molecule has 0 amide bonds. The van der Waals surface area contributed by atoms with Crippen LogP contribution >= 0.6 is 34.8 Å². The summed E-state index contributed by atoms with van der Waals surface area (Å²) in [7, 11) is 2.43. The average molecular weight is 2260 g/mol. The SMILES string of the molecule is COC(=O)CC(=O)OC.Cc1cccc(/C=N/Nc2cc(OCCN3CCOCC3)nc(-c3ccncc3)n2)c1.Cc1cccc(C=O)c1.Clc1cc(Cl)nc(-c2ccncc2)n1.Clc1cc(OCCN2CCOCC2)nc(-c2ccncc2)n1.N=C(N)c1ccncc1.NN.O=c1cc(O)nc(-c2ccncc2)[nH]1.OCCN1CCOCC1.[3HH].[U].[V].[W].[Y]. The number of esters is 2. The van der Waals surface area contributed by atoms with E-state index < -0.39 is 11.9 Å². The topological polar surface area (TPSA) is 480 Å². The molecular formula is C81H97Cl3N22O13UVWY. The zero-order chi connectivity index (χ0) is 85.6. The number of carbonyl (C=O) groups is 3. The number of rotatable bonds is 21. The van der Waals surface area contributed by atoms with Crippen LogP contribution in [0.4, 0.5) is 5.82 Å². The number of anilines is 1. The molecule has 0 aliphatic carbocycles. The van der Waals surface area contributed by atoms with E-state index in [1.165, 1.54) is 25.8 Å². The number of benzene rings is 2. The van der Waals surface area contributed by atoms with E-state index in [0.717, 1.165) is 144 Å². The second kappa shape index (κ2) is 65.8. The van der Waals surface area contributed by atoms with Gasteiger partial charge in [0, 0.05) is 277 Å². The number of hydrazone groups is 1. The third kappa shape index (κ3) is 46.1. The van der Waals surface area contributed by atoms with E-state index >= 15 is 0 Å². The quantitative estimate of drug-likeness (QED) is 0.00488. The number of pyridine rings is 5. The second-order valence-electron chi connectivity index (χ2n) is 24.6. The number of nitrogens with two attached hydrogens (primary N) is 3. The molecule has 0 saturated carbocycles. The molecule has 12 heterocycles. The summed E-state index contributed by atoms with van der Waals surface area (Å²) in [6, 6.07) is 39.3. The Labute approximate surface area is 804 Å². The van der Waals surface area contributed by atoms with Gasteiger partial charge in [0.15, 0.2) is 23.3 Å². The van der Waals surface area contributed by atoms with Crippen molar-refractivity contribution in [3.63, 3.8) is 0 Å². The van der Waals surface area contributed by atoms with Crippen molar-refractivity contribution in [3.8, 4) is 63.2 Å². The Morgan fingerprint density at radius 2 is 0.943 bits per heavy atom. The van der Waals surface area contributed by atoms with Crippen molar-refractivity contribution in [2.45, 2.75) is 20.3 Å². The number of hydrogen-bond donors (Lipinski definition) is 8. The Kier molecular flexibility index (Phi) is 59.0. The Balaban J connectivity index is 0.000000735. The summed E-state index contributed by atoms with van der Waals surface area (Å²) in [5.41, 5.74) is 15.8. The number of ether oxygens (including phenoxy) is 7. The average Bonchev–Trinajstić information content (AvgIpc) is 0.807. The largest absolute Gasteiger partial charge is 0.493 e. The van der Waals surface area contributed by atoms with E-state index in [9.17, 15) is 19.2 Å². The third-order valence-electron chi connectivity index (χ3n) is 15.9. The van der Waals surface area contributed by atoms with Crippen LogP contribution in [-0.2, 0) is 106 Å². The van der Waals surface area contributed by atoms with Crippen LogP contribution in [-0.4, -0.2) is 253 Å². The Hall–Kier alpha value is -8.80. The molecule has 3 aliphatic heterocycles. The molecule has 42 heteroatoms. The van der Waals surface area contributed by atoms with E-state index in [1.807, 2.05) is 61.5 Å². The molecule has 11 N–H and O–H groups in total. The number of amidine groups is 1. The maximum absolute atomic E-state index is 11.0. The first-order chi connectivity index (χ1) is 57.8. The van der Waals surface area contributed by atoms with E-state index in [2.05, 4.69) is 130 Å². The number of aliphatic hydroxyl groups is 1.